The van der Waals surface area contributed by atoms with Gasteiger partial charge in [0.1, 0.15) is 0 Å². The van der Waals surface area contributed by atoms with Gasteiger partial charge >= 0.3 is 0 Å². The standard InChI is InChI=1S/C58H37NS/c1-2-10-38(11-3-1)39-26-31-47(32-27-39)59(48-33-28-40(29-34-48)45-30-35-56-53(36-45)51-15-7-9-17-55(51)60-56)54-16-8-6-13-49(54)46-25-20-42-19-22-44-24-23-43-21-18-41-12-4-5-14-50(41)57(43)58(44)52(42)37-46/h1-37H. The summed E-state index contributed by atoms with van der Waals surface area (Å²) < 4.78 is 2.65. The van der Waals surface area contributed by atoms with Crippen molar-refractivity contribution in [1.82, 2.24) is 0 Å². The number of thiophene rings is 1. The number of fused-ring (bicyclic) bond motifs is 10. The van der Waals surface area contributed by atoms with Crippen molar-refractivity contribution in [2.75, 3.05) is 4.90 Å². The molecule has 1 nitrogen and oxygen atoms in total. The first kappa shape index (κ1) is 34.5. The molecule has 1 heterocycles. The largest absolute Gasteiger partial charge is 0.310 e. The van der Waals surface area contributed by atoms with Crippen molar-refractivity contribution in [3.05, 3.63) is 224 Å². The second-order valence-electron chi connectivity index (χ2n) is 15.7. The minimum atomic E-state index is 1.10. The number of benzene rings is 11. The number of nitrogens with zero attached hydrogens (tertiary/aromatic N) is 1. The molecule has 0 unspecified atom stereocenters. The highest BCUT2D eigenvalue weighted by Gasteiger charge is 2.19. The molecule has 280 valence electrons. The molecule has 0 N–H and O–H groups in total. The van der Waals surface area contributed by atoms with Crippen LogP contribution in [-0.2, 0) is 0 Å². The Hall–Kier alpha value is -7.52. The monoisotopic (exact) mass is 779 g/mol. The van der Waals surface area contributed by atoms with Crippen molar-refractivity contribution >= 4 is 91.7 Å². The Morgan fingerprint density at radius 3 is 1.52 bits per heavy atom. The van der Waals surface area contributed by atoms with E-state index in [2.05, 4.69) is 229 Å². The molecule has 0 bridgehead atoms. The van der Waals surface area contributed by atoms with E-state index in [0.29, 0.717) is 0 Å². The van der Waals surface area contributed by atoms with E-state index >= 15 is 0 Å². The van der Waals surface area contributed by atoms with Gasteiger partial charge in [-0.05, 0) is 126 Å². The first-order valence-electron chi connectivity index (χ1n) is 20.6. The summed E-state index contributed by atoms with van der Waals surface area (Å²) in [5.74, 6) is 0. The first-order chi connectivity index (χ1) is 29.7. The molecule has 12 rings (SSSR count). The van der Waals surface area contributed by atoms with E-state index in [1.807, 2.05) is 11.3 Å². The minimum Gasteiger partial charge on any atom is -0.310 e. The molecule has 0 radical (unpaired) electrons. The van der Waals surface area contributed by atoms with Gasteiger partial charge in [-0.1, -0.05) is 170 Å². The van der Waals surface area contributed by atoms with Crippen LogP contribution in [0.3, 0.4) is 0 Å². The topological polar surface area (TPSA) is 3.24 Å². The van der Waals surface area contributed by atoms with Crippen molar-refractivity contribution in [3.63, 3.8) is 0 Å². The Morgan fingerprint density at radius 1 is 0.283 bits per heavy atom. The highest BCUT2D eigenvalue weighted by atomic mass is 32.1. The van der Waals surface area contributed by atoms with Gasteiger partial charge in [-0.15, -0.1) is 11.3 Å². The zero-order valence-corrected chi connectivity index (χ0v) is 33.5. The summed E-state index contributed by atoms with van der Waals surface area (Å²) in [6.45, 7) is 0. The van der Waals surface area contributed by atoms with Gasteiger partial charge in [-0.25, -0.2) is 0 Å². The number of hydrogen-bond acceptors (Lipinski definition) is 2. The van der Waals surface area contributed by atoms with Crippen molar-refractivity contribution in [2.24, 2.45) is 0 Å². The van der Waals surface area contributed by atoms with E-state index < -0.39 is 0 Å². The van der Waals surface area contributed by atoms with Crippen molar-refractivity contribution in [3.8, 4) is 33.4 Å². The summed E-state index contributed by atoms with van der Waals surface area (Å²) in [6, 6.07) is 82.6. The lowest BCUT2D eigenvalue weighted by Crippen LogP contribution is -2.11. The highest BCUT2D eigenvalue weighted by Crippen LogP contribution is 2.44. The van der Waals surface area contributed by atoms with E-state index in [0.717, 1.165) is 17.1 Å². The van der Waals surface area contributed by atoms with Crippen LogP contribution in [-0.4, -0.2) is 0 Å². The van der Waals surface area contributed by atoms with Crippen LogP contribution in [0, 0.1) is 0 Å². The van der Waals surface area contributed by atoms with Crippen LogP contribution < -0.4 is 4.90 Å². The average molecular weight is 780 g/mol. The molecule has 0 aliphatic rings. The molecule has 0 atom stereocenters. The predicted molar refractivity (Wildman–Crippen MR) is 260 cm³/mol. The van der Waals surface area contributed by atoms with E-state index in [1.165, 1.54) is 96.6 Å². The number of anilines is 3. The fourth-order valence-electron chi connectivity index (χ4n) is 9.29. The summed E-state index contributed by atoms with van der Waals surface area (Å²) in [5.41, 5.74) is 10.5. The highest BCUT2D eigenvalue weighted by molar-refractivity contribution is 7.25. The lowest BCUT2D eigenvalue weighted by molar-refractivity contribution is 1.28. The molecular weight excluding hydrogens is 743 g/mol. The molecule has 0 amide bonds. The molecule has 11 aromatic carbocycles. The second-order valence-corrected chi connectivity index (χ2v) is 16.8. The third-order valence-electron chi connectivity index (χ3n) is 12.2. The first-order valence-corrected chi connectivity index (χ1v) is 21.4. The molecule has 1 aromatic heterocycles. The molecule has 60 heavy (non-hydrogen) atoms. The molecule has 0 aliphatic heterocycles. The van der Waals surface area contributed by atoms with Crippen molar-refractivity contribution < 1.29 is 0 Å². The smallest absolute Gasteiger partial charge is 0.0540 e. The van der Waals surface area contributed by atoms with E-state index in [1.54, 1.807) is 0 Å². The summed E-state index contributed by atoms with van der Waals surface area (Å²) in [5, 5.41) is 12.8. The van der Waals surface area contributed by atoms with Crippen molar-refractivity contribution in [1.29, 1.82) is 0 Å². The third-order valence-corrected chi connectivity index (χ3v) is 13.4. The maximum absolute atomic E-state index is 2.42. The van der Waals surface area contributed by atoms with E-state index in [4.69, 9.17) is 0 Å². The van der Waals surface area contributed by atoms with Gasteiger partial charge in [-0.2, -0.15) is 0 Å². The Labute approximate surface area is 352 Å². The molecule has 0 fully saturated rings. The molecule has 0 saturated heterocycles. The van der Waals surface area contributed by atoms with Crippen LogP contribution in [0.25, 0.3) is 96.6 Å². The lowest BCUT2D eigenvalue weighted by Gasteiger charge is -2.28. The normalized spacial score (nSPS) is 11.7. The van der Waals surface area contributed by atoms with Crippen molar-refractivity contribution in [2.45, 2.75) is 0 Å². The Balaban J connectivity index is 1.02. The number of hydrogen-bond donors (Lipinski definition) is 0. The predicted octanol–water partition coefficient (Wildman–Crippen LogP) is 17.1. The Morgan fingerprint density at radius 2 is 0.767 bits per heavy atom. The fourth-order valence-corrected chi connectivity index (χ4v) is 10.4. The SMILES string of the molecule is c1ccc(-c2ccc(N(c3ccc(-c4ccc5sc6ccccc6c5c4)cc3)c3ccccc3-c3ccc4ccc5ccc6ccc7ccccc7c6c5c4c3)cc2)cc1. The second kappa shape index (κ2) is 14.1. The van der Waals surface area contributed by atoms with Gasteiger partial charge in [-0.3, -0.25) is 0 Å². The van der Waals surface area contributed by atoms with Crippen LogP contribution in [0.4, 0.5) is 17.1 Å². The maximum atomic E-state index is 2.42. The van der Waals surface area contributed by atoms with Crippen LogP contribution in [0.2, 0.25) is 0 Å². The lowest BCUT2D eigenvalue weighted by atomic mass is 9.91. The third kappa shape index (κ3) is 5.76. The fraction of sp³-hybridized carbons (Fsp3) is 0. The molecule has 0 saturated carbocycles. The molecule has 0 aliphatic carbocycles. The maximum Gasteiger partial charge on any atom is 0.0540 e. The van der Waals surface area contributed by atoms with Crippen LogP contribution in [0.5, 0.6) is 0 Å². The van der Waals surface area contributed by atoms with Crippen LogP contribution in [0.1, 0.15) is 0 Å². The van der Waals surface area contributed by atoms with Gasteiger partial charge in [0, 0.05) is 37.1 Å². The van der Waals surface area contributed by atoms with Crippen LogP contribution in [0.15, 0.2) is 224 Å². The Kier molecular flexibility index (Phi) is 8.11. The van der Waals surface area contributed by atoms with Crippen LogP contribution >= 0.6 is 11.3 Å². The zero-order valence-electron chi connectivity index (χ0n) is 32.7. The summed E-state index contributed by atoms with van der Waals surface area (Å²) in [6.07, 6.45) is 0. The Bertz CT molecular complexity index is 3570. The average Bonchev–Trinajstić information content (AvgIpc) is 3.70. The van der Waals surface area contributed by atoms with Gasteiger partial charge < -0.3 is 4.90 Å². The minimum absolute atomic E-state index is 1.10. The summed E-state index contributed by atoms with van der Waals surface area (Å²) >= 11 is 1.86. The van der Waals surface area contributed by atoms with Gasteiger partial charge in [0.05, 0.1) is 5.69 Å². The molecular formula is C58H37NS. The summed E-state index contributed by atoms with van der Waals surface area (Å²) in [7, 11) is 0. The van der Waals surface area contributed by atoms with E-state index in [-0.39, 0.29) is 0 Å². The quantitative estimate of drug-likeness (QED) is 0.152. The number of para-hydroxylation sites is 1. The molecule has 0 spiro atoms. The van der Waals surface area contributed by atoms with Gasteiger partial charge in [0.15, 0.2) is 0 Å². The molecule has 2 heteroatoms. The van der Waals surface area contributed by atoms with Gasteiger partial charge in [0.25, 0.3) is 0 Å². The van der Waals surface area contributed by atoms with Gasteiger partial charge in [0.2, 0.25) is 0 Å². The molecule has 12 aromatic rings. The summed E-state index contributed by atoms with van der Waals surface area (Å²) in [4.78, 5) is 2.42. The zero-order chi connectivity index (χ0) is 39.6. The number of rotatable bonds is 6. The van der Waals surface area contributed by atoms with E-state index in [9.17, 15) is 0 Å².